The molecule has 0 spiro atoms. The summed E-state index contributed by atoms with van der Waals surface area (Å²) in [6, 6.07) is 8.00. The maximum Gasteiger partial charge on any atom is 0.115 e. The van der Waals surface area contributed by atoms with Gasteiger partial charge in [0.25, 0.3) is 0 Å². The summed E-state index contributed by atoms with van der Waals surface area (Å²) in [4.78, 5) is 0. The number of thioether (sulfide) groups is 1. The van der Waals surface area contributed by atoms with Crippen LogP contribution < -0.4 is 5.32 Å². The van der Waals surface area contributed by atoms with E-state index in [-0.39, 0.29) is 0 Å². The molecule has 0 amide bonds. The van der Waals surface area contributed by atoms with Gasteiger partial charge in [-0.1, -0.05) is 12.1 Å². The predicted molar refractivity (Wildman–Crippen MR) is 79.4 cm³/mol. The highest BCUT2D eigenvalue weighted by molar-refractivity contribution is 8.00. The van der Waals surface area contributed by atoms with Crippen LogP contribution in [0.15, 0.2) is 24.3 Å². The maximum atomic E-state index is 9.25. The summed E-state index contributed by atoms with van der Waals surface area (Å²) in [7, 11) is 0. The van der Waals surface area contributed by atoms with Crippen molar-refractivity contribution in [2.24, 2.45) is 0 Å². The average Bonchev–Trinajstić information content (AvgIpc) is 2.78. The van der Waals surface area contributed by atoms with Crippen molar-refractivity contribution in [1.29, 1.82) is 0 Å². The van der Waals surface area contributed by atoms with E-state index in [0.29, 0.717) is 16.5 Å². The summed E-state index contributed by atoms with van der Waals surface area (Å²) in [6.45, 7) is 5.69. The summed E-state index contributed by atoms with van der Waals surface area (Å²) in [5, 5.41) is 12.9. The first-order valence-corrected chi connectivity index (χ1v) is 7.71. The highest BCUT2D eigenvalue weighted by atomic mass is 32.2. The third-order valence-electron chi connectivity index (χ3n) is 3.60. The van der Waals surface area contributed by atoms with E-state index in [1.807, 2.05) is 12.1 Å². The van der Waals surface area contributed by atoms with Gasteiger partial charge in [-0.3, -0.25) is 0 Å². The van der Waals surface area contributed by atoms with Crippen molar-refractivity contribution in [2.45, 2.75) is 43.9 Å². The molecule has 0 aromatic heterocycles. The molecule has 1 heterocycles. The van der Waals surface area contributed by atoms with Crippen LogP contribution in [-0.4, -0.2) is 28.2 Å². The van der Waals surface area contributed by atoms with Crippen LogP contribution in [0.2, 0.25) is 0 Å². The van der Waals surface area contributed by atoms with Gasteiger partial charge in [-0.2, -0.15) is 11.8 Å². The SMILES string of the molecule is CC(Cc1ccc(O)cc1)NCC1(C)CCCS1. The van der Waals surface area contributed by atoms with Crippen LogP contribution in [0.25, 0.3) is 0 Å². The van der Waals surface area contributed by atoms with Gasteiger partial charge in [-0.25, -0.2) is 0 Å². The summed E-state index contributed by atoms with van der Waals surface area (Å²) >= 11 is 2.10. The van der Waals surface area contributed by atoms with Crippen molar-refractivity contribution in [3.63, 3.8) is 0 Å². The first-order valence-electron chi connectivity index (χ1n) is 6.73. The van der Waals surface area contributed by atoms with Crippen molar-refractivity contribution in [1.82, 2.24) is 5.32 Å². The van der Waals surface area contributed by atoms with E-state index in [4.69, 9.17) is 0 Å². The maximum absolute atomic E-state index is 9.25. The van der Waals surface area contributed by atoms with Crippen molar-refractivity contribution < 1.29 is 5.11 Å². The van der Waals surface area contributed by atoms with Gasteiger partial charge in [0.2, 0.25) is 0 Å². The van der Waals surface area contributed by atoms with Crippen molar-refractivity contribution in [3.8, 4) is 5.75 Å². The summed E-state index contributed by atoms with van der Waals surface area (Å²) in [6.07, 6.45) is 3.70. The number of hydrogen-bond acceptors (Lipinski definition) is 3. The lowest BCUT2D eigenvalue weighted by Crippen LogP contribution is -2.38. The molecule has 0 saturated carbocycles. The minimum absolute atomic E-state index is 0.342. The summed E-state index contributed by atoms with van der Waals surface area (Å²) in [5.41, 5.74) is 1.28. The molecule has 2 atom stereocenters. The third kappa shape index (κ3) is 3.92. The van der Waals surface area contributed by atoms with E-state index in [0.717, 1.165) is 13.0 Å². The number of aromatic hydroxyl groups is 1. The van der Waals surface area contributed by atoms with Crippen molar-refractivity contribution >= 4 is 11.8 Å². The molecule has 1 saturated heterocycles. The number of benzene rings is 1. The monoisotopic (exact) mass is 265 g/mol. The fraction of sp³-hybridized carbons (Fsp3) is 0.600. The highest BCUT2D eigenvalue weighted by Crippen LogP contribution is 2.37. The van der Waals surface area contributed by atoms with Gasteiger partial charge in [0.15, 0.2) is 0 Å². The molecule has 3 heteroatoms. The Hall–Kier alpha value is -0.670. The number of rotatable bonds is 5. The van der Waals surface area contributed by atoms with E-state index >= 15 is 0 Å². The van der Waals surface area contributed by atoms with E-state index in [1.54, 1.807) is 12.1 Å². The topological polar surface area (TPSA) is 32.3 Å². The fourth-order valence-electron chi connectivity index (χ4n) is 2.42. The Morgan fingerprint density at radius 2 is 2.11 bits per heavy atom. The van der Waals surface area contributed by atoms with E-state index in [9.17, 15) is 5.11 Å². The van der Waals surface area contributed by atoms with Gasteiger partial charge in [-0.15, -0.1) is 0 Å². The van der Waals surface area contributed by atoms with E-state index in [1.165, 1.54) is 24.2 Å². The van der Waals surface area contributed by atoms with Crippen LogP contribution in [0, 0.1) is 0 Å². The van der Waals surface area contributed by atoms with Gasteiger partial charge >= 0.3 is 0 Å². The average molecular weight is 265 g/mol. The Morgan fingerprint density at radius 1 is 1.39 bits per heavy atom. The van der Waals surface area contributed by atoms with E-state index < -0.39 is 0 Å². The second-order valence-electron chi connectivity index (χ2n) is 5.55. The minimum Gasteiger partial charge on any atom is -0.508 e. The van der Waals surface area contributed by atoms with Gasteiger partial charge < -0.3 is 10.4 Å². The molecule has 1 fully saturated rings. The Kier molecular flexibility index (Phi) is 4.57. The molecular formula is C15H23NOS. The van der Waals surface area contributed by atoms with Crippen LogP contribution in [0.3, 0.4) is 0 Å². The third-order valence-corrected chi connectivity index (χ3v) is 5.14. The minimum atomic E-state index is 0.342. The number of hydrogen-bond donors (Lipinski definition) is 2. The number of phenolic OH excluding ortho intramolecular Hbond substituents is 1. The quantitative estimate of drug-likeness (QED) is 0.857. The molecule has 1 aliphatic rings. The Labute approximate surface area is 114 Å². The molecule has 1 aromatic carbocycles. The fourth-order valence-corrected chi connectivity index (χ4v) is 3.68. The summed E-state index contributed by atoms with van der Waals surface area (Å²) < 4.78 is 0.434. The lowest BCUT2D eigenvalue weighted by molar-refractivity contribution is 0.471. The molecule has 2 rings (SSSR count). The first kappa shape index (κ1) is 13.8. The molecule has 0 radical (unpaired) electrons. The first-order chi connectivity index (χ1) is 8.57. The lowest BCUT2D eigenvalue weighted by atomic mass is 10.0. The molecule has 18 heavy (non-hydrogen) atoms. The van der Waals surface area contributed by atoms with Crippen LogP contribution in [0.4, 0.5) is 0 Å². The summed E-state index contributed by atoms with van der Waals surface area (Å²) in [5.74, 6) is 1.65. The van der Waals surface area contributed by atoms with Crippen molar-refractivity contribution in [2.75, 3.05) is 12.3 Å². The van der Waals surface area contributed by atoms with Crippen LogP contribution in [0.1, 0.15) is 32.3 Å². The Morgan fingerprint density at radius 3 is 2.72 bits per heavy atom. The van der Waals surface area contributed by atoms with Gasteiger partial charge in [-0.05, 0) is 56.6 Å². The second-order valence-corrected chi connectivity index (χ2v) is 7.24. The zero-order chi connectivity index (χ0) is 13.0. The van der Waals surface area contributed by atoms with Crippen LogP contribution in [-0.2, 0) is 6.42 Å². The Bertz CT molecular complexity index is 371. The molecule has 2 unspecified atom stereocenters. The second kappa shape index (κ2) is 5.98. The number of nitrogens with one attached hydrogen (secondary N) is 1. The van der Waals surface area contributed by atoms with E-state index in [2.05, 4.69) is 30.9 Å². The standard InChI is InChI=1S/C15H23NOS/c1-12(10-13-4-6-14(17)7-5-13)16-11-15(2)8-3-9-18-15/h4-7,12,16-17H,3,8-11H2,1-2H3. The van der Waals surface area contributed by atoms with Gasteiger partial charge in [0, 0.05) is 17.3 Å². The zero-order valence-electron chi connectivity index (χ0n) is 11.3. The largest absolute Gasteiger partial charge is 0.508 e. The lowest BCUT2D eigenvalue weighted by Gasteiger charge is -2.25. The zero-order valence-corrected chi connectivity index (χ0v) is 12.1. The molecule has 2 nitrogen and oxygen atoms in total. The molecular weight excluding hydrogens is 242 g/mol. The molecule has 2 N–H and O–H groups in total. The molecule has 0 aliphatic carbocycles. The highest BCUT2D eigenvalue weighted by Gasteiger charge is 2.29. The number of phenols is 1. The molecule has 1 aliphatic heterocycles. The van der Waals surface area contributed by atoms with Gasteiger partial charge in [0.05, 0.1) is 0 Å². The normalized spacial score (nSPS) is 25.2. The van der Waals surface area contributed by atoms with Crippen molar-refractivity contribution in [3.05, 3.63) is 29.8 Å². The molecule has 100 valence electrons. The molecule has 1 aromatic rings. The molecule has 0 bridgehead atoms. The predicted octanol–water partition coefficient (Wildman–Crippen LogP) is 3.20. The Balaban J connectivity index is 1.78. The van der Waals surface area contributed by atoms with Crippen LogP contribution >= 0.6 is 11.8 Å². The smallest absolute Gasteiger partial charge is 0.115 e. The van der Waals surface area contributed by atoms with Crippen LogP contribution in [0.5, 0.6) is 5.75 Å². The van der Waals surface area contributed by atoms with Gasteiger partial charge in [0.1, 0.15) is 5.75 Å².